The minimum absolute atomic E-state index is 0.208. The van der Waals surface area contributed by atoms with Gasteiger partial charge in [0.25, 0.3) is 5.91 Å². The molecule has 6 heteroatoms. The highest BCUT2D eigenvalue weighted by molar-refractivity contribution is 9.10. The van der Waals surface area contributed by atoms with Crippen molar-refractivity contribution in [2.24, 2.45) is 0 Å². The molecular formula is C16H10BrClN2O2. The Bertz CT molecular complexity index is 815. The van der Waals surface area contributed by atoms with E-state index in [0.717, 1.165) is 10.0 Å². The highest BCUT2D eigenvalue weighted by Gasteiger charge is 2.13. The molecule has 0 unspecified atom stereocenters. The number of benzene rings is 1. The van der Waals surface area contributed by atoms with Crippen LogP contribution in [0.4, 0.5) is 5.82 Å². The summed E-state index contributed by atoms with van der Waals surface area (Å²) in [6, 6.07) is 14.1. The largest absolute Gasteiger partial charge is 0.451 e. The van der Waals surface area contributed by atoms with Gasteiger partial charge in [-0.25, -0.2) is 4.98 Å². The van der Waals surface area contributed by atoms with Gasteiger partial charge in [0.2, 0.25) is 0 Å². The SMILES string of the molecule is O=C(Nc1ccc(Br)cn1)c1ccc(-c2cccc(Cl)c2)o1. The van der Waals surface area contributed by atoms with Crippen LogP contribution in [0.25, 0.3) is 11.3 Å². The summed E-state index contributed by atoms with van der Waals surface area (Å²) in [6.07, 6.45) is 1.61. The first-order valence-electron chi connectivity index (χ1n) is 6.40. The number of aromatic nitrogens is 1. The predicted octanol–water partition coefficient (Wildman–Crippen LogP) is 5.01. The third kappa shape index (κ3) is 3.37. The summed E-state index contributed by atoms with van der Waals surface area (Å²) in [5, 5.41) is 3.28. The molecule has 0 saturated heterocycles. The van der Waals surface area contributed by atoms with Gasteiger partial charge >= 0.3 is 0 Å². The van der Waals surface area contributed by atoms with E-state index in [1.807, 2.05) is 12.1 Å². The smallest absolute Gasteiger partial charge is 0.292 e. The molecule has 0 aliphatic heterocycles. The zero-order chi connectivity index (χ0) is 15.5. The molecule has 1 amide bonds. The van der Waals surface area contributed by atoms with Gasteiger partial charge in [-0.2, -0.15) is 0 Å². The second-order valence-electron chi connectivity index (χ2n) is 4.49. The third-order valence-corrected chi connectivity index (χ3v) is 3.61. The first kappa shape index (κ1) is 14.8. The lowest BCUT2D eigenvalue weighted by atomic mass is 10.2. The number of hydrogen-bond acceptors (Lipinski definition) is 3. The number of rotatable bonds is 3. The number of anilines is 1. The van der Waals surface area contributed by atoms with E-state index in [1.54, 1.807) is 42.6 Å². The van der Waals surface area contributed by atoms with Gasteiger partial charge in [0, 0.05) is 21.3 Å². The normalized spacial score (nSPS) is 10.5. The molecule has 0 spiro atoms. The lowest BCUT2D eigenvalue weighted by Gasteiger charge is -2.02. The van der Waals surface area contributed by atoms with Gasteiger partial charge in [-0.15, -0.1) is 0 Å². The average molecular weight is 378 g/mol. The van der Waals surface area contributed by atoms with E-state index >= 15 is 0 Å². The number of carbonyl (C=O) groups is 1. The topological polar surface area (TPSA) is 55.1 Å². The summed E-state index contributed by atoms with van der Waals surface area (Å²) >= 11 is 9.24. The quantitative estimate of drug-likeness (QED) is 0.698. The van der Waals surface area contributed by atoms with Crippen molar-refractivity contribution in [2.75, 3.05) is 5.32 Å². The molecule has 0 aliphatic rings. The molecule has 0 aliphatic carbocycles. The molecule has 0 saturated carbocycles. The summed E-state index contributed by atoms with van der Waals surface area (Å²) in [7, 11) is 0. The van der Waals surface area contributed by atoms with Crippen molar-refractivity contribution in [3.8, 4) is 11.3 Å². The van der Waals surface area contributed by atoms with Crippen LogP contribution in [-0.2, 0) is 0 Å². The van der Waals surface area contributed by atoms with Crippen molar-refractivity contribution in [1.29, 1.82) is 0 Å². The number of pyridine rings is 1. The van der Waals surface area contributed by atoms with Gasteiger partial charge in [-0.05, 0) is 52.3 Å². The van der Waals surface area contributed by atoms with Crippen LogP contribution in [0.5, 0.6) is 0 Å². The number of nitrogens with zero attached hydrogens (tertiary/aromatic N) is 1. The summed E-state index contributed by atoms with van der Waals surface area (Å²) in [4.78, 5) is 16.2. The molecule has 110 valence electrons. The van der Waals surface area contributed by atoms with Gasteiger partial charge in [0.15, 0.2) is 5.76 Å². The van der Waals surface area contributed by atoms with Crippen LogP contribution in [0.2, 0.25) is 5.02 Å². The number of halogens is 2. The Kier molecular flexibility index (Phi) is 4.27. The Hall–Kier alpha value is -2.11. The minimum Gasteiger partial charge on any atom is -0.451 e. The number of carbonyl (C=O) groups excluding carboxylic acids is 1. The zero-order valence-electron chi connectivity index (χ0n) is 11.2. The Morgan fingerprint density at radius 3 is 2.77 bits per heavy atom. The lowest BCUT2D eigenvalue weighted by molar-refractivity contribution is 0.0997. The maximum absolute atomic E-state index is 12.1. The zero-order valence-corrected chi connectivity index (χ0v) is 13.6. The Morgan fingerprint density at radius 2 is 2.05 bits per heavy atom. The third-order valence-electron chi connectivity index (χ3n) is 2.91. The summed E-state index contributed by atoms with van der Waals surface area (Å²) in [6.45, 7) is 0. The van der Waals surface area contributed by atoms with Gasteiger partial charge in [-0.1, -0.05) is 23.7 Å². The molecule has 0 radical (unpaired) electrons. The maximum Gasteiger partial charge on any atom is 0.292 e. The standard InChI is InChI=1S/C16H10BrClN2O2/c17-11-4-7-15(19-9-11)20-16(21)14-6-5-13(22-14)10-2-1-3-12(18)8-10/h1-9H,(H,19,20,21). The van der Waals surface area contributed by atoms with Gasteiger partial charge in [-0.3, -0.25) is 4.79 Å². The number of furan rings is 1. The molecule has 0 bridgehead atoms. The highest BCUT2D eigenvalue weighted by atomic mass is 79.9. The van der Waals surface area contributed by atoms with Crippen LogP contribution in [0.1, 0.15) is 10.6 Å². The fourth-order valence-corrected chi connectivity index (χ4v) is 2.31. The Labute approximate surface area is 140 Å². The molecular weight excluding hydrogens is 368 g/mol. The molecule has 1 N–H and O–H groups in total. The van der Waals surface area contributed by atoms with Crippen LogP contribution in [-0.4, -0.2) is 10.9 Å². The van der Waals surface area contributed by atoms with Gasteiger partial charge in [0.1, 0.15) is 11.6 Å². The van der Waals surface area contributed by atoms with Crippen LogP contribution >= 0.6 is 27.5 Å². The fourth-order valence-electron chi connectivity index (χ4n) is 1.88. The number of nitrogens with one attached hydrogen (secondary N) is 1. The van der Waals surface area contributed by atoms with Crippen molar-refractivity contribution in [3.05, 3.63) is 70.0 Å². The van der Waals surface area contributed by atoms with Gasteiger partial charge < -0.3 is 9.73 Å². The molecule has 3 rings (SSSR count). The summed E-state index contributed by atoms with van der Waals surface area (Å²) in [5.74, 6) is 0.883. The molecule has 3 aromatic rings. The molecule has 4 nitrogen and oxygen atoms in total. The maximum atomic E-state index is 12.1. The molecule has 22 heavy (non-hydrogen) atoms. The second-order valence-corrected chi connectivity index (χ2v) is 5.84. The van der Waals surface area contributed by atoms with E-state index in [9.17, 15) is 4.79 Å². The van der Waals surface area contributed by atoms with Crippen molar-refractivity contribution in [2.45, 2.75) is 0 Å². The summed E-state index contributed by atoms with van der Waals surface area (Å²) in [5.41, 5.74) is 0.813. The minimum atomic E-state index is -0.358. The summed E-state index contributed by atoms with van der Waals surface area (Å²) < 4.78 is 6.41. The highest BCUT2D eigenvalue weighted by Crippen LogP contribution is 2.25. The van der Waals surface area contributed by atoms with E-state index in [-0.39, 0.29) is 11.7 Å². The van der Waals surface area contributed by atoms with E-state index in [4.69, 9.17) is 16.0 Å². The molecule has 0 fully saturated rings. The number of hydrogen-bond donors (Lipinski definition) is 1. The average Bonchev–Trinajstić information content (AvgIpc) is 3.00. The van der Waals surface area contributed by atoms with E-state index in [0.29, 0.717) is 16.6 Å². The van der Waals surface area contributed by atoms with E-state index < -0.39 is 0 Å². The predicted molar refractivity (Wildman–Crippen MR) is 89.0 cm³/mol. The van der Waals surface area contributed by atoms with E-state index in [2.05, 4.69) is 26.2 Å². The molecule has 2 heterocycles. The Morgan fingerprint density at radius 1 is 1.18 bits per heavy atom. The fraction of sp³-hybridized carbons (Fsp3) is 0. The van der Waals surface area contributed by atoms with Crippen LogP contribution in [0, 0.1) is 0 Å². The monoisotopic (exact) mass is 376 g/mol. The molecule has 2 aromatic heterocycles. The molecule has 1 aromatic carbocycles. The van der Waals surface area contributed by atoms with Crippen molar-refractivity contribution < 1.29 is 9.21 Å². The lowest BCUT2D eigenvalue weighted by Crippen LogP contribution is -2.11. The Balaban J connectivity index is 1.78. The van der Waals surface area contributed by atoms with Crippen LogP contribution < -0.4 is 5.32 Å². The van der Waals surface area contributed by atoms with Crippen LogP contribution in [0.3, 0.4) is 0 Å². The number of amides is 1. The van der Waals surface area contributed by atoms with Crippen molar-refractivity contribution in [3.63, 3.8) is 0 Å². The first-order valence-corrected chi connectivity index (χ1v) is 7.57. The van der Waals surface area contributed by atoms with Gasteiger partial charge in [0.05, 0.1) is 0 Å². The second kappa shape index (κ2) is 6.34. The van der Waals surface area contributed by atoms with Crippen LogP contribution in [0.15, 0.2) is 63.6 Å². The van der Waals surface area contributed by atoms with Crippen molar-refractivity contribution >= 4 is 39.3 Å². The molecule has 0 atom stereocenters. The van der Waals surface area contributed by atoms with Crippen molar-refractivity contribution in [1.82, 2.24) is 4.98 Å². The van der Waals surface area contributed by atoms with E-state index in [1.165, 1.54) is 0 Å². The first-order chi connectivity index (χ1) is 10.6.